The number of anilines is 1. The van der Waals surface area contributed by atoms with Crippen molar-refractivity contribution in [3.05, 3.63) is 30.1 Å². The second kappa shape index (κ2) is 6.96. The predicted molar refractivity (Wildman–Crippen MR) is 73.9 cm³/mol. The third-order valence-corrected chi connectivity index (χ3v) is 2.45. The normalized spacial score (nSPS) is 11.8. The second-order valence-electron chi connectivity index (χ2n) is 4.40. The summed E-state index contributed by atoms with van der Waals surface area (Å²) in [5.41, 5.74) is 3.02. The number of benzene rings is 1. The van der Waals surface area contributed by atoms with Gasteiger partial charge in [-0.3, -0.25) is 10.4 Å². The van der Waals surface area contributed by atoms with Crippen molar-refractivity contribution in [2.75, 3.05) is 18.0 Å². The van der Waals surface area contributed by atoms with E-state index in [-0.39, 0.29) is 5.82 Å². The molecule has 0 amide bonds. The van der Waals surface area contributed by atoms with Crippen LogP contribution >= 0.6 is 0 Å². The van der Waals surface area contributed by atoms with E-state index in [0.29, 0.717) is 30.7 Å². The molecule has 4 nitrogen and oxygen atoms in total. The molecule has 18 heavy (non-hydrogen) atoms. The van der Waals surface area contributed by atoms with E-state index in [1.54, 1.807) is 23.1 Å². The molecule has 1 aromatic rings. The van der Waals surface area contributed by atoms with Gasteiger partial charge in [-0.15, -0.1) is 0 Å². The molecular formula is C13H21FN4. The second-order valence-corrected chi connectivity index (χ2v) is 4.40. The van der Waals surface area contributed by atoms with Crippen LogP contribution in [-0.2, 0) is 0 Å². The van der Waals surface area contributed by atoms with E-state index in [1.807, 2.05) is 6.92 Å². The summed E-state index contributed by atoms with van der Waals surface area (Å²) in [6.45, 7) is 7.29. The van der Waals surface area contributed by atoms with E-state index in [4.69, 9.17) is 5.84 Å². The molecule has 100 valence electrons. The molecule has 0 fully saturated rings. The maximum Gasteiger partial charge on any atom is 0.213 e. The van der Waals surface area contributed by atoms with E-state index in [2.05, 4.69) is 24.3 Å². The molecule has 0 unspecified atom stereocenters. The molecule has 0 saturated heterocycles. The summed E-state index contributed by atoms with van der Waals surface area (Å²) < 4.78 is 13.8. The van der Waals surface area contributed by atoms with Crippen molar-refractivity contribution >= 4 is 11.6 Å². The Balaban J connectivity index is 3.00. The van der Waals surface area contributed by atoms with Crippen LogP contribution in [0.2, 0.25) is 0 Å². The van der Waals surface area contributed by atoms with Gasteiger partial charge in [0.1, 0.15) is 5.82 Å². The summed E-state index contributed by atoms with van der Waals surface area (Å²) in [6, 6.07) is 6.58. The summed E-state index contributed by atoms with van der Waals surface area (Å²) in [5.74, 6) is 6.10. The van der Waals surface area contributed by atoms with Gasteiger partial charge in [0, 0.05) is 13.1 Å². The number of nitrogens with zero attached hydrogens (tertiary/aromatic N) is 2. The highest BCUT2D eigenvalue weighted by Gasteiger charge is 2.14. The molecule has 0 aliphatic rings. The standard InChI is InChI=1S/C13H21FN4/c1-4-18(12-8-6-5-7-11(12)14)13(17-15)16-9-10(2)3/h5-8,10H,4,9,15H2,1-3H3,(H,16,17). The zero-order valence-corrected chi connectivity index (χ0v) is 11.2. The Kier molecular flexibility index (Phi) is 5.58. The van der Waals surface area contributed by atoms with Gasteiger partial charge in [-0.05, 0) is 25.0 Å². The molecule has 0 spiro atoms. The Hall–Kier alpha value is -1.62. The van der Waals surface area contributed by atoms with Crippen molar-refractivity contribution in [1.29, 1.82) is 0 Å². The molecule has 0 aromatic heterocycles. The number of para-hydroxylation sites is 1. The third kappa shape index (κ3) is 3.70. The van der Waals surface area contributed by atoms with Gasteiger partial charge in [0.05, 0.1) is 5.69 Å². The average Bonchev–Trinajstić information content (AvgIpc) is 2.35. The summed E-state index contributed by atoms with van der Waals surface area (Å²) in [6.07, 6.45) is 0. The maximum atomic E-state index is 13.8. The Bertz CT molecular complexity index is 404. The largest absolute Gasteiger partial charge is 0.309 e. The fourth-order valence-corrected chi connectivity index (χ4v) is 1.58. The summed E-state index contributed by atoms with van der Waals surface area (Å²) in [7, 11) is 0. The molecule has 1 rings (SSSR count). The van der Waals surface area contributed by atoms with Crippen LogP contribution in [0.4, 0.5) is 10.1 Å². The lowest BCUT2D eigenvalue weighted by atomic mass is 10.2. The smallest absolute Gasteiger partial charge is 0.213 e. The van der Waals surface area contributed by atoms with Gasteiger partial charge >= 0.3 is 0 Å². The molecule has 0 saturated carbocycles. The minimum absolute atomic E-state index is 0.285. The summed E-state index contributed by atoms with van der Waals surface area (Å²) in [4.78, 5) is 6.09. The monoisotopic (exact) mass is 252 g/mol. The highest BCUT2D eigenvalue weighted by Crippen LogP contribution is 2.18. The van der Waals surface area contributed by atoms with Crippen LogP contribution in [0, 0.1) is 11.7 Å². The van der Waals surface area contributed by atoms with Crippen molar-refractivity contribution in [3.8, 4) is 0 Å². The minimum Gasteiger partial charge on any atom is -0.309 e. The molecule has 3 N–H and O–H groups in total. The van der Waals surface area contributed by atoms with E-state index in [9.17, 15) is 4.39 Å². The maximum absolute atomic E-state index is 13.8. The molecule has 1 aromatic carbocycles. The van der Waals surface area contributed by atoms with Crippen molar-refractivity contribution in [2.24, 2.45) is 16.8 Å². The van der Waals surface area contributed by atoms with Crippen molar-refractivity contribution < 1.29 is 4.39 Å². The van der Waals surface area contributed by atoms with Crippen LogP contribution in [-0.4, -0.2) is 19.0 Å². The first-order valence-electron chi connectivity index (χ1n) is 6.13. The molecule has 0 bridgehead atoms. The fraction of sp³-hybridized carbons (Fsp3) is 0.462. The first-order chi connectivity index (χ1) is 8.60. The van der Waals surface area contributed by atoms with Gasteiger partial charge in [-0.25, -0.2) is 10.2 Å². The Morgan fingerprint density at radius 3 is 2.61 bits per heavy atom. The molecule has 0 heterocycles. The van der Waals surface area contributed by atoms with Crippen molar-refractivity contribution in [1.82, 2.24) is 5.43 Å². The van der Waals surface area contributed by atoms with Crippen molar-refractivity contribution in [3.63, 3.8) is 0 Å². The number of hydrogen-bond acceptors (Lipinski definition) is 2. The Labute approximate surface area is 108 Å². The van der Waals surface area contributed by atoms with Crippen LogP contribution < -0.4 is 16.2 Å². The van der Waals surface area contributed by atoms with Gasteiger partial charge in [0.2, 0.25) is 5.96 Å². The third-order valence-electron chi connectivity index (χ3n) is 2.45. The van der Waals surface area contributed by atoms with Gasteiger partial charge < -0.3 is 4.90 Å². The van der Waals surface area contributed by atoms with Crippen LogP contribution in [0.15, 0.2) is 29.3 Å². The van der Waals surface area contributed by atoms with Crippen LogP contribution in [0.1, 0.15) is 20.8 Å². The molecule has 0 atom stereocenters. The molecular weight excluding hydrogens is 231 g/mol. The highest BCUT2D eigenvalue weighted by molar-refractivity contribution is 5.95. The van der Waals surface area contributed by atoms with Gasteiger partial charge in [0.15, 0.2) is 0 Å². The van der Waals surface area contributed by atoms with Crippen LogP contribution in [0.5, 0.6) is 0 Å². The first-order valence-corrected chi connectivity index (χ1v) is 6.13. The van der Waals surface area contributed by atoms with Crippen molar-refractivity contribution in [2.45, 2.75) is 20.8 Å². The number of guanidine groups is 1. The van der Waals surface area contributed by atoms with E-state index in [1.165, 1.54) is 6.07 Å². The van der Waals surface area contributed by atoms with Crippen LogP contribution in [0.25, 0.3) is 0 Å². The lowest BCUT2D eigenvalue weighted by Gasteiger charge is -2.24. The zero-order chi connectivity index (χ0) is 13.5. The predicted octanol–water partition coefficient (Wildman–Crippen LogP) is 2.13. The number of aliphatic imine (C=N–C) groups is 1. The van der Waals surface area contributed by atoms with E-state index < -0.39 is 0 Å². The summed E-state index contributed by atoms with van der Waals surface area (Å²) in [5, 5.41) is 0. The first kappa shape index (κ1) is 14.4. The quantitative estimate of drug-likeness (QED) is 0.373. The van der Waals surface area contributed by atoms with Gasteiger partial charge in [0.25, 0.3) is 0 Å². The van der Waals surface area contributed by atoms with Gasteiger partial charge in [-0.1, -0.05) is 26.0 Å². The molecule has 0 aliphatic carbocycles. The molecule has 5 heteroatoms. The van der Waals surface area contributed by atoms with Gasteiger partial charge in [-0.2, -0.15) is 0 Å². The van der Waals surface area contributed by atoms with Crippen LogP contribution in [0.3, 0.4) is 0 Å². The lowest BCUT2D eigenvalue weighted by Crippen LogP contribution is -2.45. The average molecular weight is 252 g/mol. The van der Waals surface area contributed by atoms with E-state index >= 15 is 0 Å². The zero-order valence-electron chi connectivity index (χ0n) is 11.2. The number of nitrogens with two attached hydrogens (primary N) is 1. The number of halogens is 1. The number of rotatable bonds is 4. The Morgan fingerprint density at radius 1 is 1.44 bits per heavy atom. The minimum atomic E-state index is -0.285. The Morgan fingerprint density at radius 2 is 2.11 bits per heavy atom. The topological polar surface area (TPSA) is 53.6 Å². The summed E-state index contributed by atoms with van der Waals surface area (Å²) >= 11 is 0. The molecule has 0 radical (unpaired) electrons. The fourth-order valence-electron chi connectivity index (χ4n) is 1.58. The number of hydrogen-bond donors (Lipinski definition) is 2. The SMILES string of the molecule is CCN(C(=NCC(C)C)NN)c1ccccc1F. The molecule has 0 aliphatic heterocycles. The van der Waals surface area contributed by atoms with E-state index in [0.717, 1.165) is 0 Å². The number of hydrazine groups is 1. The lowest BCUT2D eigenvalue weighted by molar-refractivity contribution is 0.624. The highest BCUT2D eigenvalue weighted by atomic mass is 19.1. The number of nitrogens with one attached hydrogen (secondary N) is 1.